The van der Waals surface area contributed by atoms with Gasteiger partial charge in [-0.3, -0.25) is 4.79 Å². The van der Waals surface area contributed by atoms with E-state index in [-0.39, 0.29) is 11.7 Å². The van der Waals surface area contributed by atoms with Gasteiger partial charge in [-0.2, -0.15) is 5.26 Å². The molecule has 3 aromatic carbocycles. The molecule has 0 aliphatic carbocycles. The maximum atomic E-state index is 12.8. The van der Waals surface area contributed by atoms with Crippen LogP contribution < -0.4 is 10.1 Å². The maximum Gasteiger partial charge on any atom is 0.234 e. The number of aryl methyl sites for hydroxylation is 1. The van der Waals surface area contributed by atoms with Crippen molar-refractivity contribution in [2.75, 3.05) is 18.2 Å². The Balaban J connectivity index is 1.68. The van der Waals surface area contributed by atoms with Crippen molar-refractivity contribution in [2.45, 2.75) is 18.9 Å². The first kappa shape index (κ1) is 24.1. The van der Waals surface area contributed by atoms with Gasteiger partial charge in [0.2, 0.25) is 5.91 Å². The zero-order valence-electron chi connectivity index (χ0n) is 19.8. The molecule has 4 rings (SSSR count). The van der Waals surface area contributed by atoms with Crippen LogP contribution in [0.2, 0.25) is 0 Å². The van der Waals surface area contributed by atoms with Gasteiger partial charge >= 0.3 is 0 Å². The summed E-state index contributed by atoms with van der Waals surface area (Å²) in [6.07, 6.45) is 0. The van der Waals surface area contributed by atoms with Crippen LogP contribution in [0, 0.1) is 25.2 Å². The third-order valence-corrected chi connectivity index (χ3v) is 6.76. The number of carbonyl (C=O) groups is 1. The third-order valence-electron chi connectivity index (χ3n) is 5.79. The highest BCUT2D eigenvalue weighted by molar-refractivity contribution is 8.00. The number of anilines is 1. The number of hydrogen-bond donors (Lipinski definition) is 1. The minimum atomic E-state index is -0.148. The largest absolute Gasteiger partial charge is 0.497 e. The average molecular weight is 480 g/mol. The predicted molar refractivity (Wildman–Crippen MR) is 142 cm³/mol. The normalized spacial score (nSPS) is 10.5. The second-order valence-corrected chi connectivity index (χ2v) is 8.99. The van der Waals surface area contributed by atoms with Gasteiger partial charge in [-0.05, 0) is 54.8 Å². The number of amides is 1. The molecule has 4 aromatic rings. The molecule has 0 fully saturated rings. The van der Waals surface area contributed by atoms with E-state index in [4.69, 9.17) is 9.72 Å². The SMILES string of the molecule is COc1ccc(-c2cc(-c3ccccc3)nc(SCC(=O)Nc3cccc(C)c3C)c2C#N)cc1. The number of nitrogens with zero attached hydrogens (tertiary/aromatic N) is 2. The van der Waals surface area contributed by atoms with Crippen molar-refractivity contribution >= 4 is 23.4 Å². The Kier molecular flexibility index (Phi) is 7.49. The monoisotopic (exact) mass is 479 g/mol. The van der Waals surface area contributed by atoms with E-state index in [0.717, 1.165) is 44.9 Å². The Labute approximate surface area is 209 Å². The van der Waals surface area contributed by atoms with Crippen LogP contribution in [-0.2, 0) is 4.79 Å². The number of carbonyl (C=O) groups excluding carboxylic acids is 1. The summed E-state index contributed by atoms with van der Waals surface area (Å²) in [6, 6.07) is 27.4. The molecule has 1 amide bonds. The van der Waals surface area contributed by atoms with Crippen molar-refractivity contribution < 1.29 is 9.53 Å². The molecule has 0 spiro atoms. The van der Waals surface area contributed by atoms with Crippen LogP contribution in [-0.4, -0.2) is 23.8 Å². The van der Waals surface area contributed by atoms with Crippen molar-refractivity contribution in [1.29, 1.82) is 5.26 Å². The van der Waals surface area contributed by atoms with Gasteiger partial charge in [0.15, 0.2) is 0 Å². The molecule has 0 unspecified atom stereocenters. The van der Waals surface area contributed by atoms with E-state index in [1.807, 2.05) is 92.7 Å². The summed E-state index contributed by atoms with van der Waals surface area (Å²) in [5.41, 5.74) is 6.71. The van der Waals surface area contributed by atoms with Gasteiger partial charge in [-0.25, -0.2) is 4.98 Å². The zero-order valence-corrected chi connectivity index (χ0v) is 20.6. The van der Waals surface area contributed by atoms with Crippen LogP contribution >= 0.6 is 11.8 Å². The number of pyridine rings is 1. The minimum absolute atomic E-state index is 0.134. The summed E-state index contributed by atoms with van der Waals surface area (Å²) in [4.78, 5) is 17.6. The molecule has 1 N–H and O–H groups in total. The fraction of sp³-hybridized carbons (Fsp3) is 0.138. The summed E-state index contributed by atoms with van der Waals surface area (Å²) < 4.78 is 5.28. The highest BCUT2D eigenvalue weighted by Gasteiger charge is 2.17. The number of nitriles is 1. The number of thioether (sulfide) groups is 1. The molecule has 174 valence electrons. The van der Waals surface area contributed by atoms with Crippen LogP contribution in [0.4, 0.5) is 5.69 Å². The van der Waals surface area contributed by atoms with E-state index in [0.29, 0.717) is 10.6 Å². The number of hydrogen-bond acceptors (Lipinski definition) is 5. The molecule has 35 heavy (non-hydrogen) atoms. The molecular weight excluding hydrogens is 454 g/mol. The van der Waals surface area contributed by atoms with Crippen LogP contribution in [0.15, 0.2) is 83.9 Å². The average Bonchev–Trinajstić information content (AvgIpc) is 2.90. The lowest BCUT2D eigenvalue weighted by Crippen LogP contribution is -2.15. The van der Waals surface area contributed by atoms with Gasteiger partial charge in [0.25, 0.3) is 0 Å². The maximum absolute atomic E-state index is 12.8. The van der Waals surface area contributed by atoms with Crippen molar-refractivity contribution in [3.63, 3.8) is 0 Å². The van der Waals surface area contributed by atoms with E-state index >= 15 is 0 Å². The molecule has 0 saturated carbocycles. The first-order valence-electron chi connectivity index (χ1n) is 11.1. The van der Waals surface area contributed by atoms with Gasteiger partial charge in [0.1, 0.15) is 16.8 Å². The standard InChI is InChI=1S/C29H25N3O2S/c1-19-8-7-11-26(20(19)2)31-28(33)18-35-29-25(17-30)24(21-12-14-23(34-3)15-13-21)16-27(32-29)22-9-5-4-6-10-22/h4-16H,18H2,1-3H3,(H,31,33). The second kappa shape index (κ2) is 10.9. The van der Waals surface area contributed by atoms with Crippen molar-refractivity contribution in [3.05, 3.63) is 95.6 Å². The molecule has 0 bridgehead atoms. The van der Waals surface area contributed by atoms with Crippen molar-refractivity contribution in [1.82, 2.24) is 4.98 Å². The van der Waals surface area contributed by atoms with E-state index < -0.39 is 0 Å². The lowest BCUT2D eigenvalue weighted by atomic mass is 9.99. The highest BCUT2D eigenvalue weighted by atomic mass is 32.2. The number of ether oxygens (including phenoxy) is 1. The molecular formula is C29H25N3O2S. The van der Waals surface area contributed by atoms with Crippen LogP contribution in [0.25, 0.3) is 22.4 Å². The summed E-state index contributed by atoms with van der Waals surface area (Å²) >= 11 is 1.26. The van der Waals surface area contributed by atoms with Gasteiger partial charge in [0.05, 0.1) is 24.1 Å². The summed E-state index contributed by atoms with van der Waals surface area (Å²) in [6.45, 7) is 4.00. The van der Waals surface area contributed by atoms with Crippen LogP contribution in [0.1, 0.15) is 16.7 Å². The Morgan fingerprint density at radius 2 is 1.74 bits per heavy atom. The number of benzene rings is 3. The van der Waals surface area contributed by atoms with E-state index in [9.17, 15) is 10.1 Å². The molecule has 5 nitrogen and oxygen atoms in total. The Morgan fingerprint density at radius 1 is 1.00 bits per heavy atom. The Bertz CT molecular complexity index is 1390. The quantitative estimate of drug-likeness (QED) is 0.301. The molecule has 1 aromatic heterocycles. The predicted octanol–water partition coefficient (Wildman–Crippen LogP) is 6.64. The zero-order chi connectivity index (χ0) is 24.8. The van der Waals surface area contributed by atoms with Gasteiger partial charge < -0.3 is 10.1 Å². The number of nitrogens with one attached hydrogen (secondary N) is 1. The van der Waals surface area contributed by atoms with Crippen LogP contribution in [0.3, 0.4) is 0 Å². The molecule has 6 heteroatoms. The molecule has 0 saturated heterocycles. The smallest absolute Gasteiger partial charge is 0.234 e. The Morgan fingerprint density at radius 3 is 2.43 bits per heavy atom. The fourth-order valence-electron chi connectivity index (χ4n) is 3.70. The molecule has 0 aliphatic rings. The summed E-state index contributed by atoms with van der Waals surface area (Å²) in [5, 5.41) is 13.6. The second-order valence-electron chi connectivity index (χ2n) is 8.03. The van der Waals surface area contributed by atoms with Gasteiger partial charge in [0, 0.05) is 16.8 Å². The van der Waals surface area contributed by atoms with Gasteiger partial charge in [-0.1, -0.05) is 66.4 Å². The molecule has 0 atom stereocenters. The molecule has 0 radical (unpaired) electrons. The first-order valence-corrected chi connectivity index (χ1v) is 12.1. The summed E-state index contributed by atoms with van der Waals surface area (Å²) in [5.74, 6) is 0.725. The molecule has 1 heterocycles. The number of rotatable bonds is 7. The van der Waals surface area contributed by atoms with E-state index in [2.05, 4.69) is 11.4 Å². The van der Waals surface area contributed by atoms with Crippen molar-refractivity contribution in [2.24, 2.45) is 0 Å². The molecule has 0 aliphatic heterocycles. The number of aromatic nitrogens is 1. The van der Waals surface area contributed by atoms with E-state index in [1.165, 1.54) is 11.8 Å². The summed E-state index contributed by atoms with van der Waals surface area (Å²) in [7, 11) is 1.62. The highest BCUT2D eigenvalue weighted by Crippen LogP contribution is 2.35. The minimum Gasteiger partial charge on any atom is -0.497 e. The first-order chi connectivity index (χ1) is 17.0. The van der Waals surface area contributed by atoms with E-state index in [1.54, 1.807) is 7.11 Å². The third kappa shape index (κ3) is 5.53. The fourth-order valence-corrected chi connectivity index (χ4v) is 4.50. The lowest BCUT2D eigenvalue weighted by Gasteiger charge is -2.14. The lowest BCUT2D eigenvalue weighted by molar-refractivity contribution is -0.113. The van der Waals surface area contributed by atoms with Gasteiger partial charge in [-0.15, -0.1) is 0 Å². The van der Waals surface area contributed by atoms with Crippen LogP contribution in [0.5, 0.6) is 5.75 Å². The Hall–Kier alpha value is -4.08. The number of methoxy groups -OCH3 is 1. The topological polar surface area (TPSA) is 75.0 Å². The van der Waals surface area contributed by atoms with Crippen molar-refractivity contribution in [3.8, 4) is 34.2 Å².